The van der Waals surface area contributed by atoms with E-state index in [1.807, 2.05) is 0 Å². The molecule has 0 saturated carbocycles. The molecule has 0 aromatic carbocycles. The molecule has 0 radical (unpaired) electrons. The van der Waals surface area contributed by atoms with Crippen LogP contribution in [0.2, 0.25) is 0 Å². The maximum absolute atomic E-state index is 12.0. The molecular formula is C7H8F5N. The summed E-state index contributed by atoms with van der Waals surface area (Å²) in [5.41, 5.74) is -1.77. The molecule has 13 heavy (non-hydrogen) atoms. The van der Waals surface area contributed by atoms with Gasteiger partial charge in [0, 0.05) is 13.1 Å². The van der Waals surface area contributed by atoms with Crippen molar-refractivity contribution < 1.29 is 22.0 Å². The largest absolute Gasteiger partial charge is 0.436 e. The van der Waals surface area contributed by atoms with E-state index in [9.17, 15) is 22.0 Å². The average Bonchev–Trinajstić information content (AvgIpc) is 2.34. The highest BCUT2D eigenvalue weighted by atomic mass is 19.4. The van der Waals surface area contributed by atoms with Crippen molar-refractivity contribution in [3.8, 4) is 0 Å². The van der Waals surface area contributed by atoms with Crippen LogP contribution in [0.5, 0.6) is 0 Å². The summed E-state index contributed by atoms with van der Waals surface area (Å²) in [5, 5.41) is 0. The van der Waals surface area contributed by atoms with E-state index in [0.717, 1.165) is 0 Å². The van der Waals surface area contributed by atoms with Gasteiger partial charge >= 0.3 is 6.18 Å². The van der Waals surface area contributed by atoms with Crippen LogP contribution in [-0.4, -0.2) is 24.2 Å². The van der Waals surface area contributed by atoms with E-state index in [1.165, 1.54) is 0 Å². The zero-order chi connectivity index (χ0) is 10.1. The number of hydrogen-bond acceptors (Lipinski definition) is 1. The number of hydrogen-bond donors (Lipinski definition) is 0. The zero-order valence-electron chi connectivity index (χ0n) is 6.67. The summed E-state index contributed by atoms with van der Waals surface area (Å²) in [5.74, 6) is 0. The summed E-state index contributed by atoms with van der Waals surface area (Å²) < 4.78 is 60.1. The topological polar surface area (TPSA) is 3.24 Å². The molecule has 1 heterocycles. The Hall–Kier alpha value is -0.810. The molecule has 0 aromatic rings. The Labute approximate surface area is 71.8 Å². The first-order valence-electron chi connectivity index (χ1n) is 3.80. The molecule has 0 amide bonds. The number of halogens is 5. The van der Waals surface area contributed by atoms with Gasteiger partial charge in [0.2, 0.25) is 0 Å². The molecule has 0 bridgehead atoms. The smallest absolute Gasteiger partial charge is 0.363 e. The first kappa shape index (κ1) is 10.3. The molecule has 1 nitrogen and oxygen atoms in total. The third-order valence-electron chi connectivity index (χ3n) is 1.87. The molecule has 76 valence electrons. The molecule has 0 atom stereocenters. The summed E-state index contributed by atoms with van der Waals surface area (Å²) >= 11 is 0. The lowest BCUT2D eigenvalue weighted by Gasteiger charge is -2.21. The summed E-state index contributed by atoms with van der Waals surface area (Å²) in [6, 6.07) is 0. The van der Waals surface area contributed by atoms with Gasteiger partial charge in [0.15, 0.2) is 5.70 Å². The summed E-state index contributed by atoms with van der Waals surface area (Å²) in [7, 11) is 0. The standard InChI is InChI=1S/C7H8F5N/c8-6(9)5(7(10,11)12)13-3-1-2-4-13/h1-4H2. The van der Waals surface area contributed by atoms with Crippen molar-refractivity contribution in [2.24, 2.45) is 0 Å². The second kappa shape index (κ2) is 3.51. The monoisotopic (exact) mass is 201 g/mol. The van der Waals surface area contributed by atoms with Gasteiger partial charge in [-0.15, -0.1) is 0 Å². The first-order valence-corrected chi connectivity index (χ1v) is 3.80. The fourth-order valence-electron chi connectivity index (χ4n) is 1.35. The van der Waals surface area contributed by atoms with Crippen molar-refractivity contribution in [3.63, 3.8) is 0 Å². The Morgan fingerprint density at radius 1 is 1.00 bits per heavy atom. The fourth-order valence-corrected chi connectivity index (χ4v) is 1.35. The Balaban J connectivity index is 2.87. The molecule has 0 aromatic heterocycles. The molecule has 1 aliphatic rings. The highest BCUT2D eigenvalue weighted by molar-refractivity contribution is 5.09. The highest BCUT2D eigenvalue weighted by Gasteiger charge is 2.42. The summed E-state index contributed by atoms with van der Waals surface area (Å²) in [6.07, 6.45) is -6.52. The second-order valence-corrected chi connectivity index (χ2v) is 2.80. The van der Waals surface area contributed by atoms with Gasteiger partial charge in [-0.25, -0.2) is 0 Å². The van der Waals surface area contributed by atoms with Crippen LogP contribution in [0.15, 0.2) is 11.8 Å². The number of likely N-dealkylation sites (tertiary alicyclic amines) is 1. The summed E-state index contributed by atoms with van der Waals surface area (Å²) in [4.78, 5) is 0.690. The molecule has 1 rings (SSSR count). The molecule has 1 fully saturated rings. The van der Waals surface area contributed by atoms with Gasteiger partial charge in [-0.05, 0) is 12.8 Å². The highest BCUT2D eigenvalue weighted by Crippen LogP contribution is 2.34. The number of alkyl halides is 3. The van der Waals surface area contributed by atoms with Crippen LogP contribution in [0, 0.1) is 0 Å². The van der Waals surface area contributed by atoms with Crippen molar-refractivity contribution in [3.05, 3.63) is 11.8 Å². The van der Waals surface area contributed by atoms with E-state index in [-0.39, 0.29) is 13.1 Å². The lowest BCUT2D eigenvalue weighted by Crippen LogP contribution is -2.30. The van der Waals surface area contributed by atoms with Crippen LogP contribution in [0.4, 0.5) is 22.0 Å². The van der Waals surface area contributed by atoms with Crippen LogP contribution in [-0.2, 0) is 0 Å². The lowest BCUT2D eigenvalue weighted by atomic mass is 10.4. The maximum atomic E-state index is 12.0. The summed E-state index contributed by atoms with van der Waals surface area (Å²) in [6.45, 7) is 0.123. The van der Waals surface area contributed by atoms with Crippen LogP contribution >= 0.6 is 0 Å². The zero-order valence-corrected chi connectivity index (χ0v) is 6.67. The number of rotatable bonds is 1. The Bertz CT molecular complexity index is 209. The third-order valence-corrected chi connectivity index (χ3v) is 1.87. The van der Waals surface area contributed by atoms with Crippen molar-refractivity contribution in [1.29, 1.82) is 0 Å². The molecule has 1 saturated heterocycles. The van der Waals surface area contributed by atoms with Gasteiger partial charge in [-0.3, -0.25) is 0 Å². The minimum Gasteiger partial charge on any atom is -0.363 e. The predicted molar refractivity (Wildman–Crippen MR) is 36.1 cm³/mol. The van der Waals surface area contributed by atoms with Crippen molar-refractivity contribution in [2.75, 3.05) is 13.1 Å². The van der Waals surface area contributed by atoms with E-state index in [0.29, 0.717) is 17.7 Å². The van der Waals surface area contributed by atoms with Gasteiger partial charge in [-0.2, -0.15) is 22.0 Å². The third kappa shape index (κ3) is 2.32. The average molecular weight is 201 g/mol. The van der Waals surface area contributed by atoms with Gasteiger partial charge in [0.25, 0.3) is 6.08 Å². The van der Waals surface area contributed by atoms with E-state index in [2.05, 4.69) is 0 Å². The normalized spacial score (nSPS) is 17.8. The van der Waals surface area contributed by atoms with Crippen molar-refractivity contribution >= 4 is 0 Å². The van der Waals surface area contributed by atoms with E-state index in [4.69, 9.17) is 0 Å². The molecule has 0 spiro atoms. The van der Waals surface area contributed by atoms with Gasteiger partial charge in [0.1, 0.15) is 0 Å². The van der Waals surface area contributed by atoms with Crippen molar-refractivity contribution in [1.82, 2.24) is 4.90 Å². The van der Waals surface area contributed by atoms with E-state index >= 15 is 0 Å². The molecular weight excluding hydrogens is 193 g/mol. The second-order valence-electron chi connectivity index (χ2n) is 2.80. The quantitative estimate of drug-likeness (QED) is 0.589. The van der Waals surface area contributed by atoms with Gasteiger partial charge < -0.3 is 4.90 Å². The number of nitrogens with zero attached hydrogens (tertiary/aromatic N) is 1. The van der Waals surface area contributed by atoms with Crippen LogP contribution in [0.3, 0.4) is 0 Å². The van der Waals surface area contributed by atoms with E-state index in [1.54, 1.807) is 0 Å². The van der Waals surface area contributed by atoms with Crippen molar-refractivity contribution in [2.45, 2.75) is 19.0 Å². The van der Waals surface area contributed by atoms with Crippen LogP contribution in [0.1, 0.15) is 12.8 Å². The Morgan fingerprint density at radius 3 is 1.77 bits per heavy atom. The predicted octanol–water partition coefficient (Wildman–Crippen LogP) is 2.75. The Kier molecular flexibility index (Phi) is 2.77. The molecule has 0 aliphatic carbocycles. The SMILES string of the molecule is FC(F)=C(N1CCCC1)C(F)(F)F. The van der Waals surface area contributed by atoms with Gasteiger partial charge in [-0.1, -0.05) is 0 Å². The molecule has 6 heteroatoms. The Morgan fingerprint density at radius 2 is 1.46 bits per heavy atom. The minimum atomic E-state index is -4.94. The number of allylic oxidation sites excluding steroid dienone is 1. The fraction of sp³-hybridized carbons (Fsp3) is 0.714. The molecule has 0 N–H and O–H groups in total. The minimum absolute atomic E-state index is 0.0617. The molecule has 0 unspecified atom stereocenters. The van der Waals surface area contributed by atoms with E-state index < -0.39 is 18.0 Å². The maximum Gasteiger partial charge on any atom is 0.436 e. The van der Waals surface area contributed by atoms with Gasteiger partial charge in [0.05, 0.1) is 0 Å². The van der Waals surface area contributed by atoms with Crippen LogP contribution in [0.25, 0.3) is 0 Å². The first-order chi connectivity index (χ1) is 5.93. The lowest BCUT2D eigenvalue weighted by molar-refractivity contribution is -0.114. The van der Waals surface area contributed by atoms with Crippen LogP contribution < -0.4 is 0 Å². The molecule has 1 aliphatic heterocycles.